The Hall–Kier alpha value is -0.950. The average Bonchev–Trinajstić information content (AvgIpc) is 2.32. The Morgan fingerprint density at radius 3 is 2.74 bits per heavy atom. The summed E-state index contributed by atoms with van der Waals surface area (Å²) in [6.45, 7) is 1.03. The third-order valence-corrected chi connectivity index (χ3v) is 3.32. The molecular formula is C12H13BrClN3OS. The molecule has 0 atom stereocenters. The highest BCUT2D eigenvalue weighted by Gasteiger charge is 2.06. The zero-order valence-electron chi connectivity index (χ0n) is 9.93. The lowest BCUT2D eigenvalue weighted by Crippen LogP contribution is -2.18. The van der Waals surface area contributed by atoms with E-state index in [0.717, 1.165) is 15.7 Å². The van der Waals surface area contributed by atoms with Crippen molar-refractivity contribution in [2.45, 2.75) is 6.54 Å². The van der Waals surface area contributed by atoms with Crippen molar-refractivity contribution in [3.8, 4) is 11.3 Å². The minimum atomic E-state index is -0.205. The van der Waals surface area contributed by atoms with Gasteiger partial charge in [-0.2, -0.15) is 0 Å². The summed E-state index contributed by atoms with van der Waals surface area (Å²) in [4.78, 5) is 14.2. The molecule has 2 aromatic rings. The summed E-state index contributed by atoms with van der Waals surface area (Å²) in [6, 6.07) is 9.25. The van der Waals surface area contributed by atoms with E-state index in [4.69, 9.17) is 18.0 Å². The van der Waals surface area contributed by atoms with Crippen LogP contribution in [0.1, 0.15) is 0 Å². The van der Waals surface area contributed by atoms with E-state index in [1.165, 1.54) is 6.07 Å². The van der Waals surface area contributed by atoms with E-state index in [-0.39, 0.29) is 18.0 Å². The Balaban J connectivity index is 0.00000180. The fourth-order valence-electron chi connectivity index (χ4n) is 1.76. The summed E-state index contributed by atoms with van der Waals surface area (Å²) >= 11 is 8.58. The number of rotatable bonds is 3. The Bertz CT molecular complexity index is 683. The van der Waals surface area contributed by atoms with Gasteiger partial charge in [0, 0.05) is 23.6 Å². The fourth-order valence-corrected chi connectivity index (χ4v) is 2.45. The molecule has 0 unspecified atom stereocenters. The highest BCUT2D eigenvalue weighted by Crippen LogP contribution is 2.21. The molecular weight excluding hydrogens is 350 g/mol. The summed E-state index contributed by atoms with van der Waals surface area (Å²) in [5, 5.41) is 0. The molecule has 0 fully saturated rings. The van der Waals surface area contributed by atoms with Crippen LogP contribution in [0.5, 0.6) is 0 Å². The maximum Gasteiger partial charge on any atom is 0.252 e. The molecule has 1 heterocycles. The van der Waals surface area contributed by atoms with Crippen LogP contribution < -0.4 is 11.3 Å². The van der Waals surface area contributed by atoms with Crippen LogP contribution >= 0.6 is 40.6 Å². The summed E-state index contributed by atoms with van der Waals surface area (Å²) in [7, 11) is 0. The number of halogens is 2. The molecule has 0 radical (unpaired) electrons. The van der Waals surface area contributed by atoms with E-state index in [2.05, 4.69) is 20.9 Å². The zero-order chi connectivity index (χ0) is 13.1. The van der Waals surface area contributed by atoms with Crippen molar-refractivity contribution in [3.63, 3.8) is 0 Å². The third-order valence-electron chi connectivity index (χ3n) is 2.51. The molecule has 19 heavy (non-hydrogen) atoms. The van der Waals surface area contributed by atoms with E-state index in [9.17, 15) is 4.79 Å². The van der Waals surface area contributed by atoms with E-state index in [1.807, 2.05) is 28.8 Å². The number of benzene rings is 1. The highest BCUT2D eigenvalue weighted by atomic mass is 79.9. The van der Waals surface area contributed by atoms with Crippen molar-refractivity contribution < 1.29 is 0 Å². The van der Waals surface area contributed by atoms with Crippen LogP contribution in [0.15, 0.2) is 39.6 Å². The number of aromatic nitrogens is 2. The maximum atomic E-state index is 11.5. The quantitative estimate of drug-likeness (QED) is 0.825. The summed E-state index contributed by atoms with van der Waals surface area (Å²) in [6.07, 6.45) is 0. The summed E-state index contributed by atoms with van der Waals surface area (Å²) in [5.74, 6) is 0. The standard InChI is InChI=1S/C12H12BrN3OS.ClH/c13-9-3-1-2-8(6-9)10-7-11(17)15-12(18)16(10)5-4-14;/h1-3,6-7H,4-5,14H2,(H,15,17,18);1H. The molecule has 1 aromatic heterocycles. The number of nitrogens with zero attached hydrogens (tertiary/aromatic N) is 1. The number of hydrogen-bond donors (Lipinski definition) is 2. The predicted molar refractivity (Wildman–Crippen MR) is 85.3 cm³/mol. The molecule has 4 nitrogen and oxygen atoms in total. The molecule has 0 bridgehead atoms. The minimum absolute atomic E-state index is 0. The van der Waals surface area contributed by atoms with Crippen LogP contribution in [0.2, 0.25) is 0 Å². The monoisotopic (exact) mass is 361 g/mol. The molecule has 0 spiro atoms. The van der Waals surface area contributed by atoms with Crippen molar-refractivity contribution in [2.75, 3.05) is 6.54 Å². The SMILES string of the molecule is Cl.NCCn1c(-c2cccc(Br)c2)cc(=O)[nH]c1=S. The first-order chi connectivity index (χ1) is 8.61. The lowest BCUT2D eigenvalue weighted by atomic mass is 10.1. The largest absolute Gasteiger partial charge is 0.329 e. The number of H-pyrrole nitrogens is 1. The molecule has 0 aliphatic rings. The van der Waals surface area contributed by atoms with Gasteiger partial charge in [-0.15, -0.1) is 12.4 Å². The minimum Gasteiger partial charge on any atom is -0.329 e. The van der Waals surface area contributed by atoms with Crippen molar-refractivity contribution in [3.05, 3.63) is 49.9 Å². The van der Waals surface area contributed by atoms with Gasteiger partial charge >= 0.3 is 0 Å². The molecule has 7 heteroatoms. The number of aromatic amines is 1. The Morgan fingerprint density at radius 2 is 2.11 bits per heavy atom. The van der Waals surface area contributed by atoms with Gasteiger partial charge in [-0.3, -0.25) is 9.78 Å². The number of nitrogens with two attached hydrogens (primary N) is 1. The van der Waals surface area contributed by atoms with Gasteiger partial charge in [0.05, 0.1) is 5.69 Å². The van der Waals surface area contributed by atoms with Crippen LogP contribution in [0, 0.1) is 4.77 Å². The Morgan fingerprint density at radius 1 is 1.37 bits per heavy atom. The lowest BCUT2D eigenvalue weighted by molar-refractivity contribution is 0.681. The van der Waals surface area contributed by atoms with Crippen molar-refractivity contribution in [2.24, 2.45) is 5.73 Å². The van der Waals surface area contributed by atoms with Crippen molar-refractivity contribution in [1.29, 1.82) is 0 Å². The smallest absolute Gasteiger partial charge is 0.252 e. The molecule has 1 aromatic carbocycles. The molecule has 102 valence electrons. The fraction of sp³-hybridized carbons (Fsp3) is 0.167. The van der Waals surface area contributed by atoms with Crippen LogP contribution in [0.4, 0.5) is 0 Å². The summed E-state index contributed by atoms with van der Waals surface area (Å²) < 4.78 is 3.17. The second-order valence-electron chi connectivity index (χ2n) is 3.77. The van der Waals surface area contributed by atoms with Gasteiger partial charge in [-0.05, 0) is 29.9 Å². The van der Waals surface area contributed by atoms with E-state index < -0.39 is 0 Å². The van der Waals surface area contributed by atoms with Gasteiger partial charge < -0.3 is 10.3 Å². The van der Waals surface area contributed by atoms with Crippen molar-refractivity contribution >= 4 is 40.6 Å². The lowest BCUT2D eigenvalue weighted by Gasteiger charge is -2.12. The normalized spacial score (nSPS) is 10.0. The number of hydrogen-bond acceptors (Lipinski definition) is 3. The van der Waals surface area contributed by atoms with Crippen LogP contribution in [-0.2, 0) is 6.54 Å². The number of nitrogens with one attached hydrogen (secondary N) is 1. The molecule has 2 rings (SSSR count). The molecule has 0 aliphatic carbocycles. The second-order valence-corrected chi connectivity index (χ2v) is 5.08. The molecule has 0 saturated heterocycles. The van der Waals surface area contributed by atoms with E-state index >= 15 is 0 Å². The maximum absolute atomic E-state index is 11.5. The predicted octanol–water partition coefficient (Wildman–Crippen LogP) is 2.72. The molecule has 0 amide bonds. The van der Waals surface area contributed by atoms with Crippen molar-refractivity contribution in [1.82, 2.24) is 9.55 Å². The van der Waals surface area contributed by atoms with E-state index in [1.54, 1.807) is 0 Å². The zero-order valence-corrected chi connectivity index (χ0v) is 13.1. The van der Waals surface area contributed by atoms with Crippen LogP contribution in [-0.4, -0.2) is 16.1 Å². The summed E-state index contributed by atoms with van der Waals surface area (Å²) in [5.41, 5.74) is 7.07. The highest BCUT2D eigenvalue weighted by molar-refractivity contribution is 9.10. The topological polar surface area (TPSA) is 63.8 Å². The Kier molecular flexibility index (Phi) is 5.93. The third kappa shape index (κ3) is 3.76. The van der Waals surface area contributed by atoms with Crippen LogP contribution in [0.3, 0.4) is 0 Å². The first kappa shape index (κ1) is 16.1. The Labute approximate surface area is 130 Å². The first-order valence-electron chi connectivity index (χ1n) is 5.42. The molecule has 0 aliphatic heterocycles. The van der Waals surface area contributed by atoms with E-state index in [0.29, 0.717) is 17.9 Å². The molecule has 0 saturated carbocycles. The average molecular weight is 363 g/mol. The van der Waals surface area contributed by atoms with Gasteiger partial charge in [0.2, 0.25) is 0 Å². The van der Waals surface area contributed by atoms with Crippen LogP contribution in [0.25, 0.3) is 11.3 Å². The second kappa shape index (κ2) is 7.00. The van der Waals surface area contributed by atoms with Gasteiger partial charge in [0.15, 0.2) is 4.77 Å². The van der Waals surface area contributed by atoms with Gasteiger partial charge in [-0.1, -0.05) is 28.1 Å². The van der Waals surface area contributed by atoms with Gasteiger partial charge in [-0.25, -0.2) is 0 Å². The van der Waals surface area contributed by atoms with Gasteiger partial charge in [0.25, 0.3) is 5.56 Å². The van der Waals surface area contributed by atoms with Gasteiger partial charge in [0.1, 0.15) is 0 Å². The molecule has 3 N–H and O–H groups in total. The first-order valence-corrected chi connectivity index (χ1v) is 6.62.